The van der Waals surface area contributed by atoms with Crippen LogP contribution in [0.15, 0.2) is 47.5 Å². The lowest BCUT2D eigenvalue weighted by Crippen LogP contribution is -2.43. The second kappa shape index (κ2) is 9.55. The van der Waals surface area contributed by atoms with E-state index in [-0.39, 0.29) is 17.1 Å². The highest BCUT2D eigenvalue weighted by Crippen LogP contribution is 2.29. The van der Waals surface area contributed by atoms with E-state index in [9.17, 15) is 9.18 Å². The molecule has 28 heavy (non-hydrogen) atoms. The van der Waals surface area contributed by atoms with Gasteiger partial charge in [0.2, 0.25) is 5.91 Å². The fourth-order valence-corrected chi connectivity index (χ4v) is 3.23. The molecule has 0 radical (unpaired) electrons. The molecule has 7 heteroatoms. The average molecular weight is 405 g/mol. The number of hydrogen-bond donors (Lipinski definition) is 3. The minimum absolute atomic E-state index is 0.107. The number of carbonyl (C=O) groups excluding carboxylic acids is 1. The van der Waals surface area contributed by atoms with Crippen LogP contribution in [-0.4, -0.2) is 25.5 Å². The first-order valence-corrected chi connectivity index (χ1v) is 9.35. The van der Waals surface area contributed by atoms with E-state index >= 15 is 0 Å². The summed E-state index contributed by atoms with van der Waals surface area (Å²) in [4.78, 5) is 15.4. The maximum Gasteiger partial charge on any atom is 0.221 e. The van der Waals surface area contributed by atoms with Crippen molar-refractivity contribution in [2.45, 2.75) is 32.7 Å². The maximum absolute atomic E-state index is 13.3. The molecule has 0 atom stereocenters. The molecule has 0 spiro atoms. The summed E-state index contributed by atoms with van der Waals surface area (Å²) >= 11 is 6.21. The van der Waals surface area contributed by atoms with E-state index in [2.05, 4.69) is 20.9 Å². The molecule has 1 amide bonds. The fourth-order valence-electron chi connectivity index (χ4n) is 2.81. The van der Waals surface area contributed by atoms with Crippen molar-refractivity contribution < 1.29 is 9.18 Å². The number of halogens is 2. The summed E-state index contributed by atoms with van der Waals surface area (Å²) in [7, 11) is 1.70. The summed E-state index contributed by atoms with van der Waals surface area (Å²) < 4.78 is 13.3. The second-order valence-corrected chi connectivity index (χ2v) is 7.58. The number of aliphatic imine (C=N–C) groups is 1. The molecule has 2 aromatic carbocycles. The van der Waals surface area contributed by atoms with Gasteiger partial charge in [-0.25, -0.2) is 4.39 Å². The van der Waals surface area contributed by atoms with Crippen molar-refractivity contribution in [2.24, 2.45) is 4.99 Å². The predicted octanol–water partition coefficient (Wildman–Crippen LogP) is 4.08. The Labute approximate surface area is 170 Å². The number of nitrogens with one attached hydrogen (secondary N) is 3. The Morgan fingerprint density at radius 1 is 1.18 bits per heavy atom. The molecule has 2 aromatic rings. The minimum Gasteiger partial charge on any atom is -0.356 e. The smallest absolute Gasteiger partial charge is 0.221 e. The molecule has 0 aromatic heterocycles. The van der Waals surface area contributed by atoms with E-state index in [0.717, 1.165) is 16.8 Å². The van der Waals surface area contributed by atoms with Crippen molar-refractivity contribution in [3.8, 4) is 0 Å². The first-order valence-electron chi connectivity index (χ1n) is 8.98. The van der Waals surface area contributed by atoms with Crippen molar-refractivity contribution in [3.05, 3.63) is 64.4 Å². The Kier molecular flexibility index (Phi) is 7.40. The zero-order valence-corrected chi connectivity index (χ0v) is 17.3. The predicted molar refractivity (Wildman–Crippen MR) is 113 cm³/mol. The summed E-state index contributed by atoms with van der Waals surface area (Å²) in [6, 6.07) is 12.1. The topological polar surface area (TPSA) is 65.5 Å². The normalized spacial score (nSPS) is 11.9. The minimum atomic E-state index is -0.350. The SMILES string of the molecule is CN=C(NCc1cccc(NC(C)=O)c1)NCC(C)(C)c1ccc(F)cc1Cl. The van der Waals surface area contributed by atoms with E-state index < -0.39 is 0 Å². The molecule has 2 rings (SSSR count). The molecular formula is C21H26ClFN4O. The van der Waals surface area contributed by atoms with E-state index in [1.54, 1.807) is 13.1 Å². The third-order valence-corrected chi connectivity index (χ3v) is 4.60. The van der Waals surface area contributed by atoms with Gasteiger partial charge in [-0.05, 0) is 35.4 Å². The molecule has 150 valence electrons. The van der Waals surface area contributed by atoms with Gasteiger partial charge in [0.25, 0.3) is 0 Å². The van der Waals surface area contributed by atoms with E-state index in [1.807, 2.05) is 38.1 Å². The Bertz CT molecular complexity index is 867. The van der Waals surface area contributed by atoms with Crippen LogP contribution < -0.4 is 16.0 Å². The molecule has 0 heterocycles. The lowest BCUT2D eigenvalue weighted by Gasteiger charge is -2.27. The van der Waals surface area contributed by atoms with E-state index in [1.165, 1.54) is 19.1 Å². The third-order valence-electron chi connectivity index (χ3n) is 4.29. The van der Waals surface area contributed by atoms with Gasteiger partial charge in [-0.1, -0.05) is 43.6 Å². The molecule has 5 nitrogen and oxygen atoms in total. The molecule has 0 saturated carbocycles. The van der Waals surface area contributed by atoms with Gasteiger partial charge in [0.15, 0.2) is 5.96 Å². The van der Waals surface area contributed by atoms with Gasteiger partial charge in [0.1, 0.15) is 5.82 Å². The van der Waals surface area contributed by atoms with Crippen LogP contribution in [0.2, 0.25) is 5.02 Å². The average Bonchev–Trinajstić information content (AvgIpc) is 2.61. The largest absolute Gasteiger partial charge is 0.356 e. The first-order chi connectivity index (χ1) is 13.2. The number of amides is 1. The molecule has 0 aliphatic rings. The zero-order valence-electron chi connectivity index (χ0n) is 16.6. The van der Waals surface area contributed by atoms with Gasteiger partial charge in [-0.15, -0.1) is 0 Å². The van der Waals surface area contributed by atoms with Gasteiger partial charge in [0.05, 0.1) is 0 Å². The molecule has 0 aliphatic carbocycles. The number of guanidine groups is 1. The van der Waals surface area contributed by atoms with Crippen molar-refractivity contribution in [3.63, 3.8) is 0 Å². The summed E-state index contributed by atoms with van der Waals surface area (Å²) in [5.74, 6) is 0.178. The summed E-state index contributed by atoms with van der Waals surface area (Å²) in [6.45, 7) is 6.65. The van der Waals surface area contributed by atoms with Crippen LogP contribution in [0.5, 0.6) is 0 Å². The van der Waals surface area contributed by atoms with Gasteiger partial charge >= 0.3 is 0 Å². The summed E-state index contributed by atoms with van der Waals surface area (Å²) in [5.41, 5.74) is 2.30. The van der Waals surface area contributed by atoms with Gasteiger partial charge < -0.3 is 16.0 Å². The molecule has 0 bridgehead atoms. The van der Waals surface area contributed by atoms with Crippen LogP contribution in [0, 0.1) is 5.82 Å². The molecule has 0 unspecified atom stereocenters. The number of benzene rings is 2. The molecule has 0 aliphatic heterocycles. The molecular weight excluding hydrogens is 379 g/mol. The van der Waals surface area contributed by atoms with Gasteiger partial charge in [0, 0.05) is 43.2 Å². The number of anilines is 1. The number of hydrogen-bond acceptors (Lipinski definition) is 2. The number of carbonyl (C=O) groups is 1. The lowest BCUT2D eigenvalue weighted by molar-refractivity contribution is -0.114. The number of rotatable bonds is 6. The Hall–Kier alpha value is -2.60. The summed E-state index contributed by atoms with van der Waals surface area (Å²) in [6.07, 6.45) is 0. The molecule has 3 N–H and O–H groups in total. The second-order valence-electron chi connectivity index (χ2n) is 7.17. The van der Waals surface area contributed by atoms with Crippen molar-refractivity contribution in [1.29, 1.82) is 0 Å². The van der Waals surface area contributed by atoms with Crippen molar-refractivity contribution in [2.75, 3.05) is 18.9 Å². The van der Waals surface area contributed by atoms with Crippen LogP contribution in [0.25, 0.3) is 0 Å². The van der Waals surface area contributed by atoms with E-state index in [0.29, 0.717) is 24.1 Å². The van der Waals surface area contributed by atoms with Crippen LogP contribution >= 0.6 is 11.6 Å². The highest BCUT2D eigenvalue weighted by atomic mass is 35.5. The van der Waals surface area contributed by atoms with Crippen LogP contribution in [-0.2, 0) is 16.8 Å². The van der Waals surface area contributed by atoms with Crippen LogP contribution in [0.3, 0.4) is 0 Å². The first kappa shape index (κ1) is 21.7. The summed E-state index contributed by atoms with van der Waals surface area (Å²) in [5, 5.41) is 9.71. The van der Waals surface area contributed by atoms with Gasteiger partial charge in [-0.3, -0.25) is 9.79 Å². The third kappa shape index (κ3) is 6.23. The highest BCUT2D eigenvalue weighted by Gasteiger charge is 2.24. The van der Waals surface area contributed by atoms with Crippen LogP contribution in [0.4, 0.5) is 10.1 Å². The Balaban J connectivity index is 1.96. The maximum atomic E-state index is 13.3. The van der Waals surface area contributed by atoms with Gasteiger partial charge in [-0.2, -0.15) is 0 Å². The van der Waals surface area contributed by atoms with E-state index in [4.69, 9.17) is 11.6 Å². The fraction of sp³-hybridized carbons (Fsp3) is 0.333. The molecule has 0 saturated heterocycles. The van der Waals surface area contributed by atoms with Crippen LogP contribution in [0.1, 0.15) is 31.9 Å². The Morgan fingerprint density at radius 2 is 1.93 bits per heavy atom. The standard InChI is InChI=1S/C21H26ClFN4O/c1-14(28)27-17-7-5-6-15(10-17)12-25-20(24-4)26-13-21(2,3)18-9-8-16(23)11-19(18)22/h5-11H,12-13H2,1-4H3,(H,27,28)(H2,24,25,26). The zero-order chi connectivity index (χ0) is 20.7. The monoisotopic (exact) mass is 404 g/mol. The quantitative estimate of drug-likeness (QED) is 0.502. The van der Waals surface area contributed by atoms with Crippen molar-refractivity contribution >= 4 is 29.2 Å². The Morgan fingerprint density at radius 3 is 2.57 bits per heavy atom. The van der Waals surface area contributed by atoms with Crippen molar-refractivity contribution in [1.82, 2.24) is 10.6 Å². The lowest BCUT2D eigenvalue weighted by atomic mass is 9.84. The highest BCUT2D eigenvalue weighted by molar-refractivity contribution is 6.31. The molecule has 0 fully saturated rings. The number of nitrogens with zero attached hydrogens (tertiary/aromatic N) is 1.